The fraction of sp³-hybridized carbons (Fsp3) is 0.600. The third-order valence-corrected chi connectivity index (χ3v) is 5.37. The van der Waals surface area contributed by atoms with E-state index in [-0.39, 0.29) is 5.41 Å². The summed E-state index contributed by atoms with van der Waals surface area (Å²) in [6, 6.07) is 11.7. The van der Waals surface area contributed by atoms with Gasteiger partial charge in [-0.1, -0.05) is 69.7 Å². The summed E-state index contributed by atoms with van der Waals surface area (Å²) in [6.07, 6.45) is 5.06. The van der Waals surface area contributed by atoms with Crippen molar-refractivity contribution in [1.82, 2.24) is 5.32 Å². The van der Waals surface area contributed by atoms with Crippen LogP contribution in [0.3, 0.4) is 0 Å². The highest BCUT2D eigenvalue weighted by Gasteiger charge is 2.41. The number of benzene rings is 1. The molecular formula is C20H31N. The quantitative estimate of drug-likeness (QED) is 0.704. The molecule has 0 spiro atoms. The molecule has 1 aliphatic rings. The minimum atomic E-state index is 0.182. The summed E-state index contributed by atoms with van der Waals surface area (Å²) in [5.74, 6) is 0.765. The molecule has 0 bridgehead atoms. The van der Waals surface area contributed by atoms with E-state index in [4.69, 9.17) is 0 Å². The fourth-order valence-electron chi connectivity index (χ4n) is 3.79. The van der Waals surface area contributed by atoms with Gasteiger partial charge in [-0.3, -0.25) is 0 Å². The molecule has 0 radical (unpaired) electrons. The third-order valence-electron chi connectivity index (χ3n) is 5.37. The van der Waals surface area contributed by atoms with Crippen molar-refractivity contribution < 1.29 is 0 Å². The zero-order valence-corrected chi connectivity index (χ0v) is 14.2. The van der Waals surface area contributed by atoms with Crippen LogP contribution in [0.25, 0.3) is 0 Å². The van der Waals surface area contributed by atoms with Crippen molar-refractivity contribution in [2.24, 2.45) is 11.3 Å². The van der Waals surface area contributed by atoms with Crippen LogP contribution in [-0.4, -0.2) is 6.04 Å². The van der Waals surface area contributed by atoms with Crippen LogP contribution in [0, 0.1) is 11.3 Å². The first kappa shape index (κ1) is 16.3. The summed E-state index contributed by atoms with van der Waals surface area (Å²) in [6.45, 7) is 13.7. The van der Waals surface area contributed by atoms with Crippen LogP contribution >= 0.6 is 0 Å². The van der Waals surface area contributed by atoms with Gasteiger partial charge in [0.2, 0.25) is 0 Å². The minimum absolute atomic E-state index is 0.182. The molecule has 0 aliphatic heterocycles. The third kappa shape index (κ3) is 3.58. The van der Waals surface area contributed by atoms with Crippen molar-refractivity contribution in [3.05, 3.63) is 48.0 Å². The van der Waals surface area contributed by atoms with E-state index >= 15 is 0 Å². The van der Waals surface area contributed by atoms with Crippen molar-refractivity contribution in [3.63, 3.8) is 0 Å². The fourth-order valence-corrected chi connectivity index (χ4v) is 3.79. The lowest BCUT2D eigenvalue weighted by Crippen LogP contribution is -2.51. The first-order chi connectivity index (χ1) is 9.96. The summed E-state index contributed by atoms with van der Waals surface area (Å²) in [5.41, 5.74) is 2.97. The molecule has 1 N–H and O–H groups in total. The Hall–Kier alpha value is -1.08. The average molecular weight is 285 g/mol. The van der Waals surface area contributed by atoms with Crippen molar-refractivity contribution in [1.29, 1.82) is 0 Å². The van der Waals surface area contributed by atoms with Crippen LogP contribution in [0.4, 0.5) is 0 Å². The van der Waals surface area contributed by atoms with E-state index in [1.807, 2.05) is 0 Å². The maximum Gasteiger partial charge on any atom is 0.0294 e. The second-order valence-corrected chi connectivity index (χ2v) is 7.19. The lowest BCUT2D eigenvalue weighted by molar-refractivity contribution is 0.144. The lowest BCUT2D eigenvalue weighted by Gasteiger charge is -2.47. The molecule has 21 heavy (non-hydrogen) atoms. The first-order valence-electron chi connectivity index (χ1n) is 8.46. The Morgan fingerprint density at radius 1 is 1.29 bits per heavy atom. The highest BCUT2D eigenvalue weighted by Crippen LogP contribution is 2.44. The molecule has 1 heteroatoms. The molecule has 0 heterocycles. The monoisotopic (exact) mass is 285 g/mol. The minimum Gasteiger partial charge on any atom is -0.306 e. The highest BCUT2D eigenvalue weighted by molar-refractivity contribution is 5.21. The molecule has 2 rings (SSSR count). The van der Waals surface area contributed by atoms with Gasteiger partial charge in [0.25, 0.3) is 0 Å². The average Bonchev–Trinajstić information content (AvgIpc) is 2.48. The number of hydrogen-bond acceptors (Lipinski definition) is 1. The van der Waals surface area contributed by atoms with Gasteiger partial charge >= 0.3 is 0 Å². The Morgan fingerprint density at radius 2 is 1.95 bits per heavy atom. The highest BCUT2D eigenvalue weighted by atomic mass is 15.0. The van der Waals surface area contributed by atoms with Crippen LogP contribution in [-0.2, 0) is 0 Å². The van der Waals surface area contributed by atoms with Gasteiger partial charge in [-0.05, 0) is 37.7 Å². The Labute approximate surface area is 130 Å². The van der Waals surface area contributed by atoms with Crippen molar-refractivity contribution >= 4 is 0 Å². The van der Waals surface area contributed by atoms with Gasteiger partial charge in [-0.15, -0.1) is 0 Å². The summed E-state index contributed by atoms with van der Waals surface area (Å²) >= 11 is 0. The lowest BCUT2D eigenvalue weighted by atomic mass is 9.64. The van der Waals surface area contributed by atoms with E-state index < -0.39 is 0 Å². The Morgan fingerprint density at radius 3 is 2.57 bits per heavy atom. The van der Waals surface area contributed by atoms with Gasteiger partial charge in [0.1, 0.15) is 0 Å². The molecule has 0 saturated heterocycles. The zero-order chi connectivity index (χ0) is 15.5. The van der Waals surface area contributed by atoms with E-state index in [0.29, 0.717) is 12.1 Å². The molecule has 1 unspecified atom stereocenters. The molecule has 0 amide bonds. The summed E-state index contributed by atoms with van der Waals surface area (Å²) in [4.78, 5) is 0. The zero-order valence-electron chi connectivity index (χ0n) is 14.2. The molecule has 1 aromatic rings. The van der Waals surface area contributed by atoms with E-state index in [2.05, 4.69) is 69.9 Å². The molecular weight excluding hydrogens is 254 g/mol. The Bertz CT molecular complexity index is 460. The molecule has 3 atom stereocenters. The topological polar surface area (TPSA) is 12.0 Å². The van der Waals surface area contributed by atoms with Gasteiger partial charge in [0.05, 0.1) is 0 Å². The number of rotatable bonds is 5. The summed E-state index contributed by atoms with van der Waals surface area (Å²) < 4.78 is 0. The first-order valence-corrected chi connectivity index (χ1v) is 8.46. The van der Waals surface area contributed by atoms with Crippen molar-refractivity contribution in [3.8, 4) is 0 Å². The van der Waals surface area contributed by atoms with Gasteiger partial charge < -0.3 is 5.32 Å². The maximum absolute atomic E-state index is 4.35. The molecule has 116 valence electrons. The number of nitrogens with one attached hydrogen (secondary N) is 1. The second-order valence-electron chi connectivity index (χ2n) is 7.19. The smallest absolute Gasteiger partial charge is 0.0294 e. The van der Waals surface area contributed by atoms with E-state index in [1.165, 1.54) is 36.8 Å². The largest absolute Gasteiger partial charge is 0.306 e. The van der Waals surface area contributed by atoms with E-state index in [0.717, 1.165) is 5.92 Å². The van der Waals surface area contributed by atoms with Crippen LogP contribution in [0.2, 0.25) is 0 Å². The molecule has 1 fully saturated rings. The predicted molar refractivity (Wildman–Crippen MR) is 92.3 cm³/mol. The van der Waals surface area contributed by atoms with Gasteiger partial charge in [0.15, 0.2) is 0 Å². The molecule has 1 saturated carbocycles. The standard InChI is InChI=1S/C20H31N/c1-6-10-18-14-13-15(2)20(4,5)19(18)21-16(3)17-11-8-7-9-12-17/h7-9,11-12,16,18-19,21H,2,6,10,13-14H2,1,3-5H3/t16-,18?,19-/m1/s1. The van der Waals surface area contributed by atoms with Crippen LogP contribution in [0.5, 0.6) is 0 Å². The Balaban J connectivity index is 2.17. The molecule has 0 aromatic heterocycles. The van der Waals surface area contributed by atoms with Crippen molar-refractivity contribution in [2.45, 2.75) is 65.5 Å². The normalized spacial score (nSPS) is 26.6. The summed E-state index contributed by atoms with van der Waals surface area (Å²) in [7, 11) is 0. The summed E-state index contributed by atoms with van der Waals surface area (Å²) in [5, 5.41) is 3.93. The molecule has 1 aliphatic carbocycles. The van der Waals surface area contributed by atoms with E-state index in [1.54, 1.807) is 0 Å². The van der Waals surface area contributed by atoms with Gasteiger partial charge in [-0.25, -0.2) is 0 Å². The molecule has 1 nitrogen and oxygen atoms in total. The van der Waals surface area contributed by atoms with Crippen LogP contribution in [0.15, 0.2) is 42.5 Å². The SMILES string of the molecule is C=C1CCC(CCC)[C@@H](N[C@H](C)c2ccccc2)C1(C)C. The molecule has 1 aromatic carbocycles. The van der Waals surface area contributed by atoms with E-state index in [9.17, 15) is 0 Å². The van der Waals surface area contributed by atoms with Crippen LogP contribution < -0.4 is 5.32 Å². The van der Waals surface area contributed by atoms with Crippen LogP contribution in [0.1, 0.15) is 65.0 Å². The second kappa shape index (κ2) is 6.79. The number of hydrogen-bond donors (Lipinski definition) is 1. The maximum atomic E-state index is 4.35. The Kier molecular flexibility index (Phi) is 5.27. The van der Waals surface area contributed by atoms with Gasteiger partial charge in [-0.2, -0.15) is 0 Å². The predicted octanol–water partition coefficient (Wildman–Crippen LogP) is 5.50. The van der Waals surface area contributed by atoms with Crippen molar-refractivity contribution in [2.75, 3.05) is 0 Å². The van der Waals surface area contributed by atoms with Gasteiger partial charge in [0, 0.05) is 17.5 Å².